The standard InChI is InChI=1S/C15H15N3O4S/c1-8-4-5-13(9(2)14(8)19)18-23(20,21)11-6-12-10(3)17-22-15(12)16-7-11/h4-7,18-19H,1-3H3. The molecule has 0 amide bonds. The van der Waals surface area contributed by atoms with Gasteiger partial charge in [-0.15, -0.1) is 0 Å². The molecule has 0 aliphatic carbocycles. The fourth-order valence-electron chi connectivity index (χ4n) is 2.22. The lowest BCUT2D eigenvalue weighted by Crippen LogP contribution is -2.14. The van der Waals surface area contributed by atoms with Crippen molar-refractivity contribution < 1.29 is 18.0 Å². The molecule has 0 saturated heterocycles. The van der Waals surface area contributed by atoms with Crippen LogP contribution in [0.3, 0.4) is 0 Å². The molecule has 2 aromatic heterocycles. The zero-order valence-corrected chi connectivity index (χ0v) is 13.6. The summed E-state index contributed by atoms with van der Waals surface area (Å²) in [7, 11) is -3.84. The largest absolute Gasteiger partial charge is 0.507 e. The van der Waals surface area contributed by atoms with Gasteiger partial charge in [0.15, 0.2) is 0 Å². The number of phenols is 1. The van der Waals surface area contributed by atoms with Crippen LogP contribution in [-0.2, 0) is 10.0 Å². The molecule has 0 bridgehead atoms. The third-order valence-corrected chi connectivity index (χ3v) is 5.00. The van der Waals surface area contributed by atoms with Crippen LogP contribution in [0.4, 0.5) is 5.69 Å². The molecule has 7 nitrogen and oxygen atoms in total. The Balaban J connectivity index is 2.04. The first-order valence-corrected chi connectivity index (χ1v) is 8.32. The molecule has 0 radical (unpaired) electrons. The number of nitrogens with one attached hydrogen (secondary N) is 1. The molecular weight excluding hydrogens is 318 g/mol. The lowest BCUT2D eigenvalue weighted by Gasteiger charge is -2.12. The van der Waals surface area contributed by atoms with Gasteiger partial charge < -0.3 is 9.63 Å². The highest BCUT2D eigenvalue weighted by Gasteiger charge is 2.19. The van der Waals surface area contributed by atoms with Crippen molar-refractivity contribution >= 4 is 26.8 Å². The van der Waals surface area contributed by atoms with Gasteiger partial charge in [0.1, 0.15) is 10.6 Å². The number of benzene rings is 1. The normalized spacial score (nSPS) is 11.8. The van der Waals surface area contributed by atoms with Crippen LogP contribution < -0.4 is 4.72 Å². The SMILES string of the molecule is Cc1ccc(NS(=O)(=O)c2cnc3onc(C)c3c2)c(C)c1O. The van der Waals surface area contributed by atoms with Crippen molar-refractivity contribution in [2.24, 2.45) is 0 Å². The molecule has 0 spiro atoms. The number of anilines is 1. The molecule has 2 heterocycles. The van der Waals surface area contributed by atoms with Crippen LogP contribution >= 0.6 is 0 Å². The minimum atomic E-state index is -3.84. The van der Waals surface area contributed by atoms with Gasteiger partial charge in [-0.2, -0.15) is 0 Å². The van der Waals surface area contributed by atoms with E-state index in [0.717, 1.165) is 0 Å². The Kier molecular flexibility index (Phi) is 3.48. The number of fused-ring (bicyclic) bond motifs is 1. The maximum Gasteiger partial charge on any atom is 0.263 e. The van der Waals surface area contributed by atoms with E-state index in [9.17, 15) is 13.5 Å². The van der Waals surface area contributed by atoms with Crippen molar-refractivity contribution in [2.45, 2.75) is 25.7 Å². The first-order chi connectivity index (χ1) is 10.8. The Labute approximate surface area is 133 Å². The van der Waals surface area contributed by atoms with E-state index in [1.165, 1.54) is 12.3 Å². The lowest BCUT2D eigenvalue weighted by atomic mass is 10.1. The Hall–Kier alpha value is -2.61. The highest BCUT2D eigenvalue weighted by molar-refractivity contribution is 7.92. The van der Waals surface area contributed by atoms with E-state index < -0.39 is 10.0 Å². The first kappa shape index (κ1) is 15.3. The monoisotopic (exact) mass is 333 g/mol. The molecule has 23 heavy (non-hydrogen) atoms. The smallest absolute Gasteiger partial charge is 0.263 e. The lowest BCUT2D eigenvalue weighted by molar-refractivity contribution is 0.442. The van der Waals surface area contributed by atoms with E-state index >= 15 is 0 Å². The number of aryl methyl sites for hydroxylation is 2. The second kappa shape index (κ2) is 5.24. The molecule has 3 rings (SSSR count). The molecule has 0 atom stereocenters. The number of aromatic nitrogens is 2. The molecule has 120 valence electrons. The van der Waals surface area contributed by atoms with Gasteiger partial charge in [-0.3, -0.25) is 4.72 Å². The first-order valence-electron chi connectivity index (χ1n) is 6.83. The van der Waals surface area contributed by atoms with Gasteiger partial charge in [0.25, 0.3) is 15.7 Å². The fourth-order valence-corrected chi connectivity index (χ4v) is 3.32. The van der Waals surface area contributed by atoms with Crippen LogP contribution in [0.2, 0.25) is 0 Å². The van der Waals surface area contributed by atoms with Crippen LogP contribution in [0.1, 0.15) is 16.8 Å². The summed E-state index contributed by atoms with van der Waals surface area (Å²) in [5.41, 5.74) is 2.30. The predicted octanol–water partition coefficient (Wildman–Crippen LogP) is 2.65. The van der Waals surface area contributed by atoms with Gasteiger partial charge in [0, 0.05) is 5.56 Å². The molecule has 0 fully saturated rings. The third-order valence-electron chi connectivity index (χ3n) is 3.67. The summed E-state index contributed by atoms with van der Waals surface area (Å²) in [6, 6.07) is 4.71. The maximum atomic E-state index is 12.5. The minimum Gasteiger partial charge on any atom is -0.507 e. The van der Waals surface area contributed by atoms with Crippen molar-refractivity contribution in [3.8, 4) is 5.75 Å². The summed E-state index contributed by atoms with van der Waals surface area (Å²) in [5, 5.41) is 14.2. The van der Waals surface area contributed by atoms with Crippen molar-refractivity contribution in [2.75, 3.05) is 4.72 Å². The Bertz CT molecular complexity index is 1010. The number of aromatic hydroxyl groups is 1. The number of rotatable bonds is 3. The summed E-state index contributed by atoms with van der Waals surface area (Å²) >= 11 is 0. The van der Waals surface area contributed by atoms with Crippen molar-refractivity contribution in [1.29, 1.82) is 0 Å². The van der Waals surface area contributed by atoms with Crippen LogP contribution in [0, 0.1) is 20.8 Å². The fraction of sp³-hybridized carbons (Fsp3) is 0.200. The molecule has 0 aliphatic heterocycles. The summed E-state index contributed by atoms with van der Waals surface area (Å²) in [4.78, 5) is 3.96. The van der Waals surface area contributed by atoms with Crippen molar-refractivity contribution in [3.05, 3.63) is 41.2 Å². The summed E-state index contributed by atoms with van der Waals surface area (Å²) in [6.07, 6.45) is 1.21. The van der Waals surface area contributed by atoms with Crippen LogP contribution in [0.15, 0.2) is 33.8 Å². The highest BCUT2D eigenvalue weighted by atomic mass is 32.2. The van der Waals surface area contributed by atoms with Gasteiger partial charge in [-0.25, -0.2) is 13.4 Å². The number of pyridine rings is 1. The average molecular weight is 333 g/mol. The van der Waals surface area contributed by atoms with E-state index in [2.05, 4.69) is 14.9 Å². The van der Waals surface area contributed by atoms with Crippen LogP contribution in [0.25, 0.3) is 11.1 Å². The van der Waals surface area contributed by atoms with E-state index in [0.29, 0.717) is 27.9 Å². The van der Waals surface area contributed by atoms with Gasteiger partial charge >= 0.3 is 0 Å². The maximum absolute atomic E-state index is 12.5. The zero-order valence-electron chi connectivity index (χ0n) is 12.8. The topological polar surface area (TPSA) is 105 Å². The van der Waals surface area contributed by atoms with Gasteiger partial charge in [-0.1, -0.05) is 11.2 Å². The second-order valence-electron chi connectivity index (χ2n) is 5.30. The minimum absolute atomic E-state index is 0.00392. The average Bonchev–Trinajstić information content (AvgIpc) is 2.89. The predicted molar refractivity (Wildman–Crippen MR) is 84.9 cm³/mol. The highest BCUT2D eigenvalue weighted by Crippen LogP contribution is 2.30. The van der Waals surface area contributed by atoms with Gasteiger partial charge in [0.2, 0.25) is 0 Å². The third kappa shape index (κ3) is 2.61. The number of hydrogen-bond acceptors (Lipinski definition) is 6. The molecular formula is C15H15N3O4S. The van der Waals surface area contributed by atoms with E-state index in [-0.39, 0.29) is 16.4 Å². The Morgan fingerprint density at radius 2 is 1.96 bits per heavy atom. The molecule has 8 heteroatoms. The molecule has 2 N–H and O–H groups in total. The molecule has 1 aromatic carbocycles. The number of hydrogen-bond donors (Lipinski definition) is 2. The van der Waals surface area contributed by atoms with Crippen molar-refractivity contribution in [3.63, 3.8) is 0 Å². The molecule has 0 saturated carbocycles. The quantitative estimate of drug-likeness (QED) is 0.763. The van der Waals surface area contributed by atoms with E-state index in [4.69, 9.17) is 4.52 Å². The van der Waals surface area contributed by atoms with Crippen LogP contribution in [-0.4, -0.2) is 23.7 Å². The molecule has 0 aliphatic rings. The molecule has 0 unspecified atom stereocenters. The summed E-state index contributed by atoms with van der Waals surface area (Å²) < 4.78 is 32.5. The Morgan fingerprint density at radius 1 is 1.22 bits per heavy atom. The Morgan fingerprint density at radius 3 is 2.70 bits per heavy atom. The van der Waals surface area contributed by atoms with E-state index in [1.54, 1.807) is 32.9 Å². The van der Waals surface area contributed by atoms with E-state index in [1.807, 2.05) is 0 Å². The summed E-state index contributed by atoms with van der Waals surface area (Å²) in [6.45, 7) is 5.10. The zero-order chi connectivity index (χ0) is 16.8. The van der Waals surface area contributed by atoms with Gasteiger partial charge in [-0.05, 0) is 38.5 Å². The molecule has 3 aromatic rings. The second-order valence-corrected chi connectivity index (χ2v) is 6.98. The number of sulfonamides is 1. The summed E-state index contributed by atoms with van der Waals surface area (Å²) in [5.74, 6) is 0.0636. The van der Waals surface area contributed by atoms with Crippen LogP contribution in [0.5, 0.6) is 5.75 Å². The van der Waals surface area contributed by atoms with Crippen molar-refractivity contribution in [1.82, 2.24) is 10.1 Å². The van der Waals surface area contributed by atoms with Gasteiger partial charge in [0.05, 0.1) is 23.0 Å². The number of phenolic OH excluding ortho intramolecular Hbond substituents is 1. The number of nitrogens with zero attached hydrogens (tertiary/aromatic N) is 2.